The summed E-state index contributed by atoms with van der Waals surface area (Å²) in [6, 6.07) is 4.46. The molecule has 2 aliphatic rings. The highest BCUT2D eigenvalue weighted by atomic mass is 35.5. The highest BCUT2D eigenvalue weighted by Gasteiger charge is 2.39. The molecule has 2 fully saturated rings. The Morgan fingerprint density at radius 1 is 1.17 bits per heavy atom. The van der Waals surface area contributed by atoms with Crippen LogP contribution in [0.25, 0.3) is 0 Å². The average molecular weight is 414 g/mol. The van der Waals surface area contributed by atoms with Gasteiger partial charge >= 0.3 is 0 Å². The van der Waals surface area contributed by atoms with Crippen LogP contribution in [0.4, 0.5) is 0 Å². The number of quaternary nitrogens is 1. The van der Waals surface area contributed by atoms with E-state index in [1.807, 2.05) is 0 Å². The maximum atomic E-state index is 12.8. The lowest BCUT2D eigenvalue weighted by atomic mass is 10.2. The molecule has 1 N–H and O–H groups in total. The molecule has 0 aliphatic carbocycles. The molecule has 10 heteroatoms. The minimum absolute atomic E-state index is 0.0172. The molecule has 1 aromatic carbocycles. The van der Waals surface area contributed by atoms with E-state index in [0.29, 0.717) is 37.6 Å². The van der Waals surface area contributed by atoms with Crippen LogP contribution in [0.1, 0.15) is 6.42 Å². The lowest BCUT2D eigenvalue weighted by Crippen LogP contribution is -3.18. The zero-order valence-electron chi connectivity index (χ0n) is 12.9. The molecule has 24 heavy (non-hydrogen) atoms. The number of hydrogen-bond donors (Lipinski definition) is 1. The van der Waals surface area contributed by atoms with E-state index in [4.69, 9.17) is 23.2 Å². The quantitative estimate of drug-likeness (QED) is 0.760. The van der Waals surface area contributed by atoms with Crippen LogP contribution in [0, 0.1) is 0 Å². The number of rotatable bonds is 3. The number of piperazine rings is 1. The van der Waals surface area contributed by atoms with Crippen LogP contribution in [-0.4, -0.2) is 64.9 Å². The minimum Gasteiger partial charge on any atom is -0.329 e. The summed E-state index contributed by atoms with van der Waals surface area (Å²) < 4.78 is 50.2. The Bertz CT molecular complexity index is 834. The molecule has 2 aliphatic heterocycles. The third kappa shape index (κ3) is 3.73. The van der Waals surface area contributed by atoms with Crippen molar-refractivity contribution >= 4 is 43.1 Å². The van der Waals surface area contributed by atoms with Crippen molar-refractivity contribution in [2.24, 2.45) is 0 Å². The Balaban J connectivity index is 1.71. The number of halogens is 2. The summed E-state index contributed by atoms with van der Waals surface area (Å²) in [6.07, 6.45) is 0.657. The van der Waals surface area contributed by atoms with Crippen LogP contribution in [0.5, 0.6) is 0 Å². The molecule has 0 spiro atoms. The second-order valence-corrected chi connectivity index (χ2v) is 11.2. The predicted molar refractivity (Wildman–Crippen MR) is 93.0 cm³/mol. The SMILES string of the molecule is O=S1(=O)CC[C@@H]([NH+]2CCN(S(=O)(=O)c3cc(Cl)ccc3Cl)CC2)C1. The molecule has 0 saturated carbocycles. The molecule has 0 radical (unpaired) electrons. The maximum absolute atomic E-state index is 12.8. The number of nitrogens with zero attached hydrogens (tertiary/aromatic N) is 1. The van der Waals surface area contributed by atoms with Crippen LogP contribution in [0.2, 0.25) is 10.0 Å². The zero-order chi connectivity index (χ0) is 17.5. The topological polar surface area (TPSA) is 76.0 Å². The molecule has 1 aromatic rings. The maximum Gasteiger partial charge on any atom is 0.245 e. The molecule has 3 rings (SSSR count). The standard InChI is InChI=1S/C14H18Cl2N2O4S2/c15-11-1-2-13(16)14(9-11)24(21,22)18-6-4-17(5-7-18)12-3-8-23(19,20)10-12/h1-2,9,12H,3-8,10H2/p+1/t12-/m1/s1. The lowest BCUT2D eigenvalue weighted by Gasteiger charge is -2.34. The highest BCUT2D eigenvalue weighted by molar-refractivity contribution is 7.91. The number of sulfonamides is 1. The van der Waals surface area contributed by atoms with E-state index in [9.17, 15) is 16.8 Å². The first-order valence-electron chi connectivity index (χ1n) is 7.69. The Morgan fingerprint density at radius 3 is 2.42 bits per heavy atom. The third-order valence-electron chi connectivity index (χ3n) is 4.69. The van der Waals surface area contributed by atoms with Crippen molar-refractivity contribution < 1.29 is 21.7 Å². The minimum atomic E-state index is -3.70. The van der Waals surface area contributed by atoms with E-state index in [2.05, 4.69) is 0 Å². The van der Waals surface area contributed by atoms with Crippen LogP contribution < -0.4 is 4.90 Å². The van der Waals surface area contributed by atoms with Crippen LogP contribution in [0.15, 0.2) is 23.1 Å². The molecule has 6 nitrogen and oxygen atoms in total. The summed E-state index contributed by atoms with van der Waals surface area (Å²) in [4.78, 5) is 1.18. The van der Waals surface area contributed by atoms with Crippen LogP contribution >= 0.6 is 23.2 Å². The van der Waals surface area contributed by atoms with Crippen LogP contribution in [-0.2, 0) is 19.9 Å². The Morgan fingerprint density at radius 2 is 1.83 bits per heavy atom. The van der Waals surface area contributed by atoms with Gasteiger partial charge < -0.3 is 4.90 Å². The van der Waals surface area contributed by atoms with Crippen molar-refractivity contribution in [2.75, 3.05) is 37.7 Å². The molecule has 0 amide bonds. The molecule has 2 heterocycles. The second-order valence-electron chi connectivity index (χ2n) is 6.24. The van der Waals surface area contributed by atoms with Crippen molar-refractivity contribution in [3.8, 4) is 0 Å². The van der Waals surface area contributed by atoms with Crippen molar-refractivity contribution in [1.29, 1.82) is 0 Å². The number of sulfone groups is 1. The third-order valence-corrected chi connectivity index (χ3v) is 9.07. The van der Waals surface area contributed by atoms with E-state index >= 15 is 0 Å². The van der Waals surface area contributed by atoms with Gasteiger partial charge in [-0.2, -0.15) is 4.31 Å². The summed E-state index contributed by atoms with van der Waals surface area (Å²) in [5.41, 5.74) is 0. The number of hydrogen-bond acceptors (Lipinski definition) is 4. The number of benzene rings is 1. The van der Waals surface area contributed by atoms with Gasteiger partial charge in [-0.15, -0.1) is 0 Å². The second kappa shape index (κ2) is 6.74. The Labute approximate surface area is 152 Å². The first-order chi connectivity index (χ1) is 11.2. The van der Waals surface area contributed by atoms with Crippen LogP contribution in [0.3, 0.4) is 0 Å². The van der Waals surface area contributed by atoms with Gasteiger partial charge in [0, 0.05) is 11.4 Å². The molecule has 2 saturated heterocycles. The molecule has 134 valence electrons. The smallest absolute Gasteiger partial charge is 0.245 e. The van der Waals surface area contributed by atoms with Crippen molar-refractivity contribution in [3.05, 3.63) is 28.2 Å². The first-order valence-corrected chi connectivity index (χ1v) is 11.7. The van der Waals surface area contributed by atoms with Crippen molar-refractivity contribution in [3.63, 3.8) is 0 Å². The van der Waals surface area contributed by atoms with Gasteiger partial charge in [0.1, 0.15) is 16.7 Å². The fourth-order valence-electron chi connectivity index (χ4n) is 3.35. The zero-order valence-corrected chi connectivity index (χ0v) is 16.1. The Kier molecular flexibility index (Phi) is 5.17. The summed E-state index contributed by atoms with van der Waals surface area (Å²) >= 11 is 11.9. The van der Waals surface area contributed by atoms with Gasteiger partial charge in [-0.05, 0) is 18.2 Å². The Hall–Kier alpha value is -0.380. The molecule has 0 bridgehead atoms. The fraction of sp³-hybridized carbons (Fsp3) is 0.571. The van der Waals surface area contributed by atoms with E-state index in [-0.39, 0.29) is 27.5 Å². The van der Waals surface area contributed by atoms with E-state index in [1.165, 1.54) is 21.3 Å². The molecule has 0 unspecified atom stereocenters. The summed E-state index contributed by atoms with van der Waals surface area (Å²) in [7, 11) is -6.62. The van der Waals surface area contributed by atoms with Gasteiger partial charge in [0.05, 0.1) is 37.0 Å². The average Bonchev–Trinajstić information content (AvgIpc) is 2.90. The van der Waals surface area contributed by atoms with Gasteiger partial charge in [-0.1, -0.05) is 23.2 Å². The number of nitrogens with one attached hydrogen (secondary N) is 1. The van der Waals surface area contributed by atoms with E-state index in [1.54, 1.807) is 6.07 Å². The lowest BCUT2D eigenvalue weighted by molar-refractivity contribution is -0.925. The highest BCUT2D eigenvalue weighted by Crippen LogP contribution is 2.27. The fourth-order valence-corrected chi connectivity index (χ4v) is 7.36. The van der Waals surface area contributed by atoms with Gasteiger partial charge in [0.2, 0.25) is 10.0 Å². The largest absolute Gasteiger partial charge is 0.329 e. The van der Waals surface area contributed by atoms with E-state index in [0.717, 1.165) is 0 Å². The summed E-state index contributed by atoms with van der Waals surface area (Å²) in [5.74, 6) is 0.441. The van der Waals surface area contributed by atoms with Gasteiger partial charge in [0.15, 0.2) is 9.84 Å². The first kappa shape index (κ1) is 18.4. The normalized spacial score (nSPS) is 25.8. The summed E-state index contributed by atoms with van der Waals surface area (Å²) in [6.45, 7) is 1.88. The van der Waals surface area contributed by atoms with Gasteiger partial charge in [0.25, 0.3) is 0 Å². The molecule has 1 atom stereocenters. The predicted octanol–water partition coefficient (Wildman–Crippen LogP) is 0.0697. The van der Waals surface area contributed by atoms with E-state index < -0.39 is 19.9 Å². The monoisotopic (exact) mass is 413 g/mol. The molecular weight excluding hydrogens is 395 g/mol. The van der Waals surface area contributed by atoms with Gasteiger partial charge in [-0.25, -0.2) is 16.8 Å². The molecule has 0 aromatic heterocycles. The van der Waals surface area contributed by atoms with Gasteiger partial charge in [-0.3, -0.25) is 0 Å². The molecular formula is C14H19Cl2N2O4S2+. The van der Waals surface area contributed by atoms with Crippen molar-refractivity contribution in [1.82, 2.24) is 4.31 Å². The van der Waals surface area contributed by atoms with Crippen molar-refractivity contribution in [2.45, 2.75) is 17.4 Å². The summed E-state index contributed by atoms with van der Waals surface area (Å²) in [5, 5.41) is 0.467.